The summed E-state index contributed by atoms with van der Waals surface area (Å²) in [5, 5.41) is 0. The van der Waals surface area contributed by atoms with Gasteiger partial charge in [0.15, 0.2) is 0 Å². The standard InChI is InChI=1S/C61H110NO7P/c1-6-8-10-12-14-16-18-20-22-24-26-28-30-31-32-33-35-37-39-41-43-45-47-49-51-53-56-66-58-60(59-68-70(64,65)67-57-55-62(3,4)5)69-61(63)54-52-50-48-46-44-42-40-38-36-34-29-27-25-23-21-19-17-15-13-11-9-7-2/h8,10,14,16,20,22,26,28,31-32,35,37,41,43,60H,6-7,9,11-13,15,17-19,21,23-25,27,29-30,33-34,36,38-40,42,44-59H2,1-5H3/b10-8-,16-14-,22-20-,28-26-,32-31-,37-35-,43-41-. The van der Waals surface area contributed by atoms with Gasteiger partial charge in [0.25, 0.3) is 7.82 Å². The molecule has 0 amide bonds. The van der Waals surface area contributed by atoms with Crippen LogP contribution in [0.4, 0.5) is 0 Å². The van der Waals surface area contributed by atoms with Gasteiger partial charge in [0, 0.05) is 13.0 Å². The smallest absolute Gasteiger partial charge is 0.306 e. The van der Waals surface area contributed by atoms with Crippen LogP contribution in [0.2, 0.25) is 0 Å². The van der Waals surface area contributed by atoms with Gasteiger partial charge in [0.2, 0.25) is 0 Å². The average molecular weight is 1000 g/mol. The molecule has 0 aromatic heterocycles. The topological polar surface area (TPSA) is 94.1 Å². The fourth-order valence-corrected chi connectivity index (χ4v) is 8.55. The molecule has 0 fully saturated rings. The molecule has 0 aliphatic rings. The van der Waals surface area contributed by atoms with Gasteiger partial charge in [-0.1, -0.05) is 247 Å². The predicted molar refractivity (Wildman–Crippen MR) is 300 cm³/mol. The molecular weight excluding hydrogens is 890 g/mol. The molecule has 0 aliphatic heterocycles. The molecule has 70 heavy (non-hydrogen) atoms. The Bertz CT molecular complexity index is 1390. The van der Waals surface area contributed by atoms with Crippen molar-refractivity contribution in [1.82, 2.24) is 0 Å². The van der Waals surface area contributed by atoms with Gasteiger partial charge >= 0.3 is 5.97 Å². The van der Waals surface area contributed by atoms with Crippen molar-refractivity contribution in [1.29, 1.82) is 0 Å². The van der Waals surface area contributed by atoms with E-state index in [-0.39, 0.29) is 25.8 Å². The zero-order valence-electron chi connectivity index (χ0n) is 46.2. The summed E-state index contributed by atoms with van der Waals surface area (Å²) in [4.78, 5) is 25.3. The van der Waals surface area contributed by atoms with Crippen LogP contribution < -0.4 is 4.89 Å². The Hall–Kier alpha value is -2.32. The van der Waals surface area contributed by atoms with Gasteiger partial charge in [-0.3, -0.25) is 9.36 Å². The van der Waals surface area contributed by atoms with Crippen molar-refractivity contribution in [2.75, 3.05) is 54.1 Å². The highest BCUT2D eigenvalue weighted by Crippen LogP contribution is 2.38. The third kappa shape index (κ3) is 56.6. The number of unbranched alkanes of at least 4 members (excludes halogenated alkanes) is 25. The van der Waals surface area contributed by atoms with Crippen molar-refractivity contribution in [2.45, 2.75) is 245 Å². The fraction of sp³-hybridized carbons (Fsp3) is 0.754. The minimum absolute atomic E-state index is 0.0179. The van der Waals surface area contributed by atoms with Crippen LogP contribution in [0.3, 0.4) is 0 Å². The lowest BCUT2D eigenvalue weighted by Crippen LogP contribution is -2.37. The first-order valence-corrected chi connectivity index (χ1v) is 30.3. The van der Waals surface area contributed by atoms with Gasteiger partial charge in [0.05, 0.1) is 34.4 Å². The molecule has 0 saturated carbocycles. The maximum atomic E-state index is 12.8. The Labute approximate surface area is 433 Å². The van der Waals surface area contributed by atoms with Gasteiger partial charge in [0.1, 0.15) is 19.3 Å². The fourth-order valence-electron chi connectivity index (χ4n) is 7.82. The number of hydrogen-bond acceptors (Lipinski definition) is 7. The number of phosphoric acid groups is 1. The van der Waals surface area contributed by atoms with Gasteiger partial charge in [-0.2, -0.15) is 0 Å². The van der Waals surface area contributed by atoms with Crippen LogP contribution in [0, 0.1) is 0 Å². The summed E-state index contributed by atoms with van der Waals surface area (Å²) in [6.07, 6.45) is 72.0. The van der Waals surface area contributed by atoms with E-state index in [0.29, 0.717) is 24.1 Å². The minimum Gasteiger partial charge on any atom is -0.756 e. The lowest BCUT2D eigenvalue weighted by atomic mass is 10.0. The number of ether oxygens (including phenoxy) is 2. The summed E-state index contributed by atoms with van der Waals surface area (Å²) in [6.45, 7) is 5.26. The molecule has 0 heterocycles. The minimum atomic E-state index is -4.55. The van der Waals surface area contributed by atoms with Crippen molar-refractivity contribution in [3.05, 3.63) is 85.1 Å². The molecule has 2 unspecified atom stereocenters. The Morgan fingerprint density at radius 2 is 0.829 bits per heavy atom. The van der Waals surface area contributed by atoms with Crippen molar-refractivity contribution in [3.8, 4) is 0 Å². The molecule has 0 aromatic carbocycles. The second-order valence-corrected chi connectivity index (χ2v) is 21.7. The third-order valence-corrected chi connectivity index (χ3v) is 13.2. The van der Waals surface area contributed by atoms with E-state index in [0.717, 1.165) is 96.3 Å². The maximum Gasteiger partial charge on any atom is 0.306 e. The molecule has 0 saturated heterocycles. The number of phosphoric ester groups is 1. The van der Waals surface area contributed by atoms with Crippen LogP contribution in [-0.2, 0) is 27.9 Å². The molecule has 0 radical (unpaired) electrons. The Kier molecular flexibility index (Phi) is 51.2. The number of hydrogen-bond donors (Lipinski definition) is 0. The van der Waals surface area contributed by atoms with Crippen LogP contribution in [0.25, 0.3) is 0 Å². The van der Waals surface area contributed by atoms with Crippen LogP contribution in [0.1, 0.15) is 239 Å². The lowest BCUT2D eigenvalue weighted by molar-refractivity contribution is -0.870. The largest absolute Gasteiger partial charge is 0.756 e. The van der Waals surface area contributed by atoms with E-state index in [4.69, 9.17) is 18.5 Å². The molecule has 2 atom stereocenters. The summed E-state index contributed by atoms with van der Waals surface area (Å²) >= 11 is 0. The van der Waals surface area contributed by atoms with Crippen LogP contribution in [-0.4, -0.2) is 70.7 Å². The number of likely N-dealkylation sites (N-methyl/N-ethyl adjacent to an activating group) is 1. The van der Waals surface area contributed by atoms with E-state index >= 15 is 0 Å². The van der Waals surface area contributed by atoms with Crippen molar-refractivity contribution in [3.63, 3.8) is 0 Å². The summed E-state index contributed by atoms with van der Waals surface area (Å²) in [5.41, 5.74) is 0. The third-order valence-electron chi connectivity index (χ3n) is 12.2. The van der Waals surface area contributed by atoms with Crippen LogP contribution >= 0.6 is 7.82 Å². The molecule has 0 aliphatic carbocycles. The second kappa shape index (κ2) is 53.0. The molecule has 0 bridgehead atoms. The monoisotopic (exact) mass is 1000 g/mol. The van der Waals surface area contributed by atoms with Gasteiger partial charge in [-0.25, -0.2) is 0 Å². The van der Waals surface area contributed by atoms with Gasteiger partial charge < -0.3 is 27.9 Å². The quantitative estimate of drug-likeness (QED) is 0.0197. The van der Waals surface area contributed by atoms with Crippen LogP contribution in [0.15, 0.2) is 85.1 Å². The number of allylic oxidation sites excluding steroid dienone is 14. The van der Waals surface area contributed by atoms with Gasteiger partial charge in [-0.05, 0) is 70.6 Å². The highest BCUT2D eigenvalue weighted by Gasteiger charge is 2.20. The highest BCUT2D eigenvalue weighted by molar-refractivity contribution is 7.45. The normalized spacial score (nSPS) is 14.1. The van der Waals surface area contributed by atoms with E-state index in [2.05, 4.69) is 98.9 Å². The predicted octanol–water partition coefficient (Wildman–Crippen LogP) is 17.7. The van der Waals surface area contributed by atoms with Crippen molar-refractivity contribution in [2.24, 2.45) is 0 Å². The molecule has 0 aromatic rings. The van der Waals surface area contributed by atoms with Crippen molar-refractivity contribution < 1.29 is 37.3 Å². The number of nitrogens with zero attached hydrogens (tertiary/aromatic N) is 1. The molecule has 0 rings (SSSR count). The van der Waals surface area contributed by atoms with E-state index in [1.807, 2.05) is 21.1 Å². The molecule has 406 valence electrons. The SMILES string of the molecule is CC/C=C\C/C=C\C/C=C\C/C=C\C/C=C\C/C=C\C/C=C\CCCCCCOCC(COP(=O)([O-])OCC[N+](C)(C)C)OC(=O)CCCCCCCCCCCCCCCCCCCCCCCC. The lowest BCUT2D eigenvalue weighted by Gasteiger charge is -2.28. The maximum absolute atomic E-state index is 12.8. The molecule has 8 nitrogen and oxygen atoms in total. The first-order chi connectivity index (χ1) is 34.1. The number of quaternary nitrogens is 1. The zero-order valence-corrected chi connectivity index (χ0v) is 47.1. The summed E-state index contributed by atoms with van der Waals surface area (Å²) in [7, 11) is 1.34. The number of esters is 1. The number of carbonyl (C=O) groups is 1. The Balaban J connectivity index is 4.15. The number of carbonyl (C=O) groups excluding carboxylic acids is 1. The summed E-state index contributed by atoms with van der Waals surface area (Å²) in [5.74, 6) is -0.342. The van der Waals surface area contributed by atoms with Crippen molar-refractivity contribution >= 4 is 13.8 Å². The van der Waals surface area contributed by atoms with E-state index in [1.165, 1.54) is 122 Å². The molecule has 9 heteroatoms. The number of rotatable bonds is 53. The highest BCUT2D eigenvalue weighted by atomic mass is 31.2. The first kappa shape index (κ1) is 67.7. The summed E-state index contributed by atoms with van der Waals surface area (Å²) in [6, 6.07) is 0. The molecule has 0 spiro atoms. The van der Waals surface area contributed by atoms with E-state index in [1.54, 1.807) is 0 Å². The van der Waals surface area contributed by atoms with Gasteiger partial charge in [-0.15, -0.1) is 0 Å². The molecule has 0 N–H and O–H groups in total. The second-order valence-electron chi connectivity index (χ2n) is 20.3. The zero-order chi connectivity index (χ0) is 51.2. The first-order valence-electron chi connectivity index (χ1n) is 28.8. The van der Waals surface area contributed by atoms with Crippen LogP contribution in [0.5, 0.6) is 0 Å². The Morgan fingerprint density at radius 3 is 1.24 bits per heavy atom. The molecular formula is C61H110NO7P. The van der Waals surface area contributed by atoms with E-state index in [9.17, 15) is 14.3 Å². The Morgan fingerprint density at radius 1 is 0.457 bits per heavy atom. The summed E-state index contributed by atoms with van der Waals surface area (Å²) < 4.78 is 34.8. The van der Waals surface area contributed by atoms with E-state index < -0.39 is 13.9 Å². The average Bonchev–Trinajstić information content (AvgIpc) is 3.32.